The van der Waals surface area contributed by atoms with Gasteiger partial charge in [-0.3, -0.25) is 14.5 Å². The first-order chi connectivity index (χ1) is 12.5. The molecule has 0 bridgehead atoms. The highest BCUT2D eigenvalue weighted by Crippen LogP contribution is 2.16. The number of carbonyl (C=O) groups excluding carboxylic acids is 3. The summed E-state index contributed by atoms with van der Waals surface area (Å²) in [5, 5.41) is 5.31. The minimum atomic E-state index is -0.399. The Morgan fingerprint density at radius 1 is 1.15 bits per heavy atom. The van der Waals surface area contributed by atoms with Crippen molar-refractivity contribution in [3.05, 3.63) is 59.7 Å². The average molecular weight is 353 g/mol. The molecule has 0 saturated carbocycles. The molecule has 2 N–H and O–H groups in total. The van der Waals surface area contributed by atoms with E-state index in [-0.39, 0.29) is 31.3 Å². The Balaban J connectivity index is 1.61. The van der Waals surface area contributed by atoms with Crippen molar-refractivity contribution in [2.45, 2.75) is 13.0 Å². The van der Waals surface area contributed by atoms with Gasteiger partial charge in [0.1, 0.15) is 5.75 Å². The van der Waals surface area contributed by atoms with Gasteiger partial charge in [0.25, 0.3) is 0 Å². The minimum absolute atomic E-state index is 0.0249. The topological polar surface area (TPSA) is 87.7 Å². The predicted molar refractivity (Wildman–Crippen MR) is 95.7 cm³/mol. The van der Waals surface area contributed by atoms with Gasteiger partial charge in [0.15, 0.2) is 0 Å². The highest BCUT2D eigenvalue weighted by atomic mass is 16.5. The van der Waals surface area contributed by atoms with Crippen LogP contribution in [0.2, 0.25) is 0 Å². The Morgan fingerprint density at radius 3 is 2.58 bits per heavy atom. The minimum Gasteiger partial charge on any atom is -0.497 e. The van der Waals surface area contributed by atoms with E-state index in [0.29, 0.717) is 5.69 Å². The summed E-state index contributed by atoms with van der Waals surface area (Å²) in [5.74, 6) is 0.327. The summed E-state index contributed by atoms with van der Waals surface area (Å²) in [6, 6.07) is 14.0. The molecule has 2 aromatic carbocycles. The van der Waals surface area contributed by atoms with Crippen LogP contribution in [0.15, 0.2) is 48.5 Å². The number of nitrogens with zero attached hydrogens (tertiary/aromatic N) is 1. The second-order valence-electron chi connectivity index (χ2n) is 5.91. The maximum atomic E-state index is 12.2. The van der Waals surface area contributed by atoms with Crippen LogP contribution in [0.5, 0.6) is 5.75 Å². The molecule has 1 aliphatic heterocycles. The fraction of sp³-hybridized carbons (Fsp3) is 0.211. The van der Waals surface area contributed by atoms with Gasteiger partial charge in [0, 0.05) is 5.69 Å². The third kappa shape index (κ3) is 4.18. The molecule has 0 aliphatic carbocycles. The summed E-state index contributed by atoms with van der Waals surface area (Å²) in [7, 11) is 1.59. The Labute approximate surface area is 150 Å². The molecular formula is C19H19N3O4. The summed E-state index contributed by atoms with van der Waals surface area (Å²) in [5.41, 5.74) is 2.25. The van der Waals surface area contributed by atoms with Crippen molar-refractivity contribution in [1.82, 2.24) is 10.2 Å². The molecule has 0 aromatic heterocycles. The largest absolute Gasteiger partial charge is 0.497 e. The number of nitrogens with one attached hydrogen (secondary N) is 2. The van der Waals surface area contributed by atoms with Gasteiger partial charge < -0.3 is 15.4 Å². The van der Waals surface area contributed by atoms with Crippen molar-refractivity contribution in [3.8, 4) is 5.75 Å². The van der Waals surface area contributed by atoms with Crippen LogP contribution in [0.4, 0.5) is 10.5 Å². The van der Waals surface area contributed by atoms with E-state index in [1.807, 2.05) is 12.1 Å². The molecule has 1 fully saturated rings. The number of amides is 4. The van der Waals surface area contributed by atoms with Crippen LogP contribution in [0.1, 0.15) is 11.1 Å². The number of ether oxygens (including phenoxy) is 1. The van der Waals surface area contributed by atoms with Gasteiger partial charge in [-0.15, -0.1) is 0 Å². The van der Waals surface area contributed by atoms with Gasteiger partial charge in [0.2, 0.25) is 11.8 Å². The van der Waals surface area contributed by atoms with Gasteiger partial charge in [-0.1, -0.05) is 24.3 Å². The molecule has 0 radical (unpaired) electrons. The van der Waals surface area contributed by atoms with Gasteiger partial charge >= 0.3 is 6.03 Å². The quantitative estimate of drug-likeness (QED) is 0.777. The van der Waals surface area contributed by atoms with Crippen molar-refractivity contribution in [3.63, 3.8) is 0 Å². The molecule has 7 heteroatoms. The lowest BCUT2D eigenvalue weighted by Crippen LogP contribution is -2.30. The van der Waals surface area contributed by atoms with Gasteiger partial charge in [-0.05, 0) is 35.4 Å². The van der Waals surface area contributed by atoms with Crippen LogP contribution in [0.25, 0.3) is 0 Å². The number of carbonyl (C=O) groups is 3. The zero-order chi connectivity index (χ0) is 18.5. The summed E-state index contributed by atoms with van der Waals surface area (Å²) in [6.07, 6.45) is 0.237. The number of anilines is 1. The van der Waals surface area contributed by atoms with Gasteiger partial charge in [-0.2, -0.15) is 0 Å². The molecule has 0 unspecified atom stereocenters. The third-order valence-corrected chi connectivity index (χ3v) is 4.01. The van der Waals surface area contributed by atoms with Crippen molar-refractivity contribution < 1.29 is 19.1 Å². The summed E-state index contributed by atoms with van der Waals surface area (Å²) in [4.78, 5) is 36.7. The first kappa shape index (κ1) is 17.5. The van der Waals surface area contributed by atoms with Crippen LogP contribution in [-0.2, 0) is 22.6 Å². The van der Waals surface area contributed by atoms with E-state index in [1.54, 1.807) is 43.5 Å². The van der Waals surface area contributed by atoms with Crippen LogP contribution < -0.4 is 15.4 Å². The molecule has 1 saturated heterocycles. The zero-order valence-corrected chi connectivity index (χ0v) is 14.3. The van der Waals surface area contributed by atoms with E-state index < -0.39 is 6.03 Å². The molecule has 1 heterocycles. The molecule has 7 nitrogen and oxygen atoms in total. The van der Waals surface area contributed by atoms with E-state index in [4.69, 9.17) is 4.74 Å². The van der Waals surface area contributed by atoms with Crippen LogP contribution in [0.3, 0.4) is 0 Å². The monoisotopic (exact) mass is 353 g/mol. The molecule has 3 rings (SSSR count). The highest BCUT2D eigenvalue weighted by Gasteiger charge is 2.28. The average Bonchev–Trinajstić information content (AvgIpc) is 2.94. The van der Waals surface area contributed by atoms with E-state index in [1.165, 1.54) is 0 Å². The van der Waals surface area contributed by atoms with Gasteiger partial charge in [0.05, 0.1) is 26.6 Å². The second-order valence-corrected chi connectivity index (χ2v) is 5.91. The predicted octanol–water partition coefficient (Wildman–Crippen LogP) is 1.93. The number of methoxy groups -OCH3 is 1. The lowest BCUT2D eigenvalue weighted by Gasteiger charge is -2.13. The lowest BCUT2D eigenvalue weighted by atomic mass is 10.1. The number of hydrogen-bond acceptors (Lipinski definition) is 4. The van der Waals surface area contributed by atoms with E-state index in [9.17, 15) is 14.4 Å². The normalized spacial score (nSPS) is 13.5. The number of hydrogen-bond donors (Lipinski definition) is 2. The Hall–Kier alpha value is -3.35. The highest BCUT2D eigenvalue weighted by molar-refractivity contribution is 6.01. The molecule has 26 heavy (non-hydrogen) atoms. The number of benzene rings is 2. The van der Waals surface area contributed by atoms with Crippen LogP contribution in [-0.4, -0.2) is 36.4 Å². The van der Waals surface area contributed by atoms with Gasteiger partial charge in [-0.25, -0.2) is 4.79 Å². The molecule has 0 spiro atoms. The maximum absolute atomic E-state index is 12.2. The number of rotatable bonds is 6. The summed E-state index contributed by atoms with van der Waals surface area (Å²) in [6.45, 7) is 0.198. The van der Waals surface area contributed by atoms with E-state index in [2.05, 4.69) is 10.6 Å². The molecule has 0 atom stereocenters. The van der Waals surface area contributed by atoms with E-state index in [0.717, 1.165) is 21.8 Å². The van der Waals surface area contributed by atoms with Crippen molar-refractivity contribution in [1.29, 1.82) is 0 Å². The first-order valence-corrected chi connectivity index (χ1v) is 8.15. The summed E-state index contributed by atoms with van der Waals surface area (Å²) < 4.78 is 5.10. The lowest BCUT2D eigenvalue weighted by molar-refractivity contribution is -0.125. The SMILES string of the molecule is COc1ccc(CC(=O)Nc2cccc(CN3C(=O)CNC3=O)c2)cc1. The van der Waals surface area contributed by atoms with Crippen LogP contribution >= 0.6 is 0 Å². The Bertz CT molecular complexity index is 817. The number of urea groups is 1. The van der Waals surface area contributed by atoms with E-state index >= 15 is 0 Å². The first-order valence-electron chi connectivity index (χ1n) is 8.15. The number of imide groups is 1. The molecular weight excluding hydrogens is 334 g/mol. The van der Waals surface area contributed by atoms with Crippen molar-refractivity contribution in [2.75, 3.05) is 19.0 Å². The molecule has 4 amide bonds. The third-order valence-electron chi connectivity index (χ3n) is 4.01. The smallest absolute Gasteiger partial charge is 0.324 e. The molecule has 2 aromatic rings. The molecule has 1 aliphatic rings. The maximum Gasteiger partial charge on any atom is 0.324 e. The summed E-state index contributed by atoms with van der Waals surface area (Å²) >= 11 is 0. The zero-order valence-electron chi connectivity index (χ0n) is 14.3. The fourth-order valence-electron chi connectivity index (χ4n) is 2.68. The van der Waals surface area contributed by atoms with Crippen molar-refractivity contribution >= 4 is 23.5 Å². The fourth-order valence-corrected chi connectivity index (χ4v) is 2.68. The second kappa shape index (κ2) is 7.69. The molecule has 134 valence electrons. The standard InChI is InChI=1S/C19H19N3O4/c1-26-16-7-5-13(6-8-16)10-17(23)21-15-4-2-3-14(9-15)12-22-18(24)11-20-19(22)25/h2-9H,10-12H2,1H3,(H,20,25)(H,21,23). The Morgan fingerprint density at radius 2 is 1.92 bits per heavy atom. The van der Waals surface area contributed by atoms with Crippen LogP contribution in [0, 0.1) is 0 Å². The van der Waals surface area contributed by atoms with Crippen molar-refractivity contribution in [2.24, 2.45) is 0 Å². The Kier molecular flexibility index (Phi) is 5.17.